The lowest BCUT2D eigenvalue weighted by atomic mass is 10.1. The monoisotopic (exact) mass is 448 g/mol. The van der Waals surface area contributed by atoms with Crippen LogP contribution < -0.4 is 20.3 Å². The third-order valence-corrected chi connectivity index (χ3v) is 5.45. The smallest absolute Gasteiger partial charge is 0.260 e. The number of fused-ring (bicyclic) bond motifs is 2. The molecule has 10 heteroatoms. The Bertz CT molecular complexity index is 1270. The van der Waals surface area contributed by atoms with E-state index >= 15 is 0 Å². The van der Waals surface area contributed by atoms with Gasteiger partial charge in [-0.05, 0) is 26.0 Å². The predicted octanol–water partition coefficient (Wildman–Crippen LogP) is 2.33. The SMILES string of the molecule is CC1CN(c2ccc(C=O)c3nccnc23)CCN1.CNc1cn2cc(C)nc2c(OC)n1. The summed E-state index contributed by atoms with van der Waals surface area (Å²) in [6.07, 6.45) is 7.94. The van der Waals surface area contributed by atoms with Crippen LogP contribution in [-0.2, 0) is 0 Å². The molecule has 1 aromatic carbocycles. The van der Waals surface area contributed by atoms with Crippen LogP contribution in [0.4, 0.5) is 11.5 Å². The molecule has 1 saturated heterocycles. The summed E-state index contributed by atoms with van der Waals surface area (Å²) in [6.45, 7) is 6.94. The Hall–Kier alpha value is -3.79. The molecule has 1 aliphatic heterocycles. The molecule has 0 bridgehead atoms. The summed E-state index contributed by atoms with van der Waals surface area (Å²) in [7, 11) is 3.41. The first-order valence-corrected chi connectivity index (χ1v) is 10.8. The van der Waals surface area contributed by atoms with E-state index in [1.807, 2.05) is 42.9 Å². The molecule has 0 radical (unpaired) electrons. The highest BCUT2D eigenvalue weighted by Gasteiger charge is 2.19. The molecule has 0 spiro atoms. The number of rotatable bonds is 4. The van der Waals surface area contributed by atoms with Gasteiger partial charge < -0.3 is 20.3 Å². The number of ether oxygens (including phenoxy) is 1. The van der Waals surface area contributed by atoms with E-state index in [0.29, 0.717) is 23.0 Å². The van der Waals surface area contributed by atoms with Gasteiger partial charge in [0, 0.05) is 56.9 Å². The van der Waals surface area contributed by atoms with Crippen LogP contribution in [0.25, 0.3) is 16.7 Å². The first-order valence-electron chi connectivity index (χ1n) is 10.8. The second-order valence-corrected chi connectivity index (χ2v) is 7.85. The first kappa shape index (κ1) is 22.4. The fraction of sp³-hybridized carbons (Fsp3) is 0.348. The van der Waals surface area contributed by atoms with Crippen molar-refractivity contribution in [2.24, 2.45) is 0 Å². The predicted molar refractivity (Wildman–Crippen MR) is 128 cm³/mol. The number of aryl methyl sites for hydroxylation is 1. The summed E-state index contributed by atoms with van der Waals surface area (Å²) < 4.78 is 7.04. The fourth-order valence-corrected chi connectivity index (χ4v) is 3.91. The van der Waals surface area contributed by atoms with Crippen molar-refractivity contribution in [3.63, 3.8) is 0 Å². The third kappa shape index (κ3) is 4.70. The molecule has 1 unspecified atom stereocenters. The van der Waals surface area contributed by atoms with Crippen LogP contribution in [0, 0.1) is 6.92 Å². The van der Waals surface area contributed by atoms with Gasteiger partial charge in [-0.25, -0.2) is 4.98 Å². The number of imidazole rings is 1. The summed E-state index contributed by atoms with van der Waals surface area (Å²) >= 11 is 0. The standard InChI is InChI=1S/C14H16N4O.C9H12N4O/c1-10-8-18(7-6-15-10)12-3-2-11(9-19)13-14(12)17-5-4-16-13;1-6-4-13-5-7(10-2)12-9(14-3)8(13)11-6/h2-5,9-10,15H,6-8H2,1H3;4-5,10H,1-3H3. The average molecular weight is 449 g/mol. The molecule has 4 aromatic rings. The number of nitrogens with zero attached hydrogens (tertiary/aromatic N) is 6. The van der Waals surface area contributed by atoms with Gasteiger partial charge in [-0.3, -0.25) is 19.2 Å². The first-order chi connectivity index (χ1) is 16.0. The van der Waals surface area contributed by atoms with Crippen molar-refractivity contribution in [1.29, 1.82) is 0 Å². The number of methoxy groups -OCH3 is 1. The van der Waals surface area contributed by atoms with E-state index in [1.54, 1.807) is 19.5 Å². The zero-order valence-electron chi connectivity index (χ0n) is 19.2. The average Bonchev–Trinajstić information content (AvgIpc) is 3.23. The highest BCUT2D eigenvalue weighted by atomic mass is 16.5. The van der Waals surface area contributed by atoms with Crippen LogP contribution >= 0.6 is 0 Å². The zero-order chi connectivity index (χ0) is 23.4. The Balaban J connectivity index is 0.000000165. The highest BCUT2D eigenvalue weighted by molar-refractivity contribution is 5.99. The molecule has 1 fully saturated rings. The molecule has 3 aromatic heterocycles. The molecule has 0 saturated carbocycles. The minimum Gasteiger partial charge on any atom is -0.478 e. The quantitative estimate of drug-likeness (QED) is 0.455. The number of benzene rings is 1. The van der Waals surface area contributed by atoms with E-state index in [4.69, 9.17) is 4.74 Å². The number of aromatic nitrogens is 5. The van der Waals surface area contributed by atoms with Crippen molar-refractivity contribution in [1.82, 2.24) is 29.7 Å². The van der Waals surface area contributed by atoms with Crippen molar-refractivity contribution in [2.45, 2.75) is 19.9 Å². The Morgan fingerprint density at radius 2 is 1.97 bits per heavy atom. The second-order valence-electron chi connectivity index (χ2n) is 7.85. The van der Waals surface area contributed by atoms with Crippen LogP contribution in [0.2, 0.25) is 0 Å². The number of anilines is 2. The number of hydrogen-bond donors (Lipinski definition) is 2. The van der Waals surface area contributed by atoms with Crippen molar-refractivity contribution in [3.8, 4) is 5.88 Å². The molecule has 5 rings (SSSR count). The molecule has 0 amide bonds. The summed E-state index contributed by atoms with van der Waals surface area (Å²) in [5, 5.41) is 6.38. The van der Waals surface area contributed by atoms with Gasteiger partial charge in [0.1, 0.15) is 16.9 Å². The van der Waals surface area contributed by atoms with E-state index in [2.05, 4.69) is 42.4 Å². The van der Waals surface area contributed by atoms with Crippen molar-refractivity contribution < 1.29 is 9.53 Å². The Morgan fingerprint density at radius 3 is 2.67 bits per heavy atom. The molecular formula is C23H28N8O2. The lowest BCUT2D eigenvalue weighted by Crippen LogP contribution is -2.49. The van der Waals surface area contributed by atoms with Gasteiger partial charge in [-0.1, -0.05) is 0 Å². The largest absolute Gasteiger partial charge is 0.478 e. The van der Waals surface area contributed by atoms with E-state index in [9.17, 15) is 4.79 Å². The molecule has 2 N–H and O–H groups in total. The topological polar surface area (TPSA) is 110 Å². The molecular weight excluding hydrogens is 420 g/mol. The van der Waals surface area contributed by atoms with Gasteiger partial charge in [0.2, 0.25) is 5.65 Å². The Kier molecular flexibility index (Phi) is 6.64. The lowest BCUT2D eigenvalue weighted by molar-refractivity contribution is 0.112. The van der Waals surface area contributed by atoms with Gasteiger partial charge in [0.05, 0.1) is 24.7 Å². The van der Waals surface area contributed by atoms with Gasteiger partial charge in [-0.15, -0.1) is 0 Å². The van der Waals surface area contributed by atoms with Gasteiger partial charge in [-0.2, -0.15) is 4.98 Å². The van der Waals surface area contributed by atoms with Crippen LogP contribution in [0.1, 0.15) is 23.0 Å². The minimum absolute atomic E-state index is 0.450. The molecule has 33 heavy (non-hydrogen) atoms. The molecule has 172 valence electrons. The van der Waals surface area contributed by atoms with Crippen LogP contribution in [0.3, 0.4) is 0 Å². The van der Waals surface area contributed by atoms with E-state index in [0.717, 1.165) is 54.3 Å². The molecule has 0 aliphatic carbocycles. The van der Waals surface area contributed by atoms with Crippen LogP contribution in [-0.4, -0.2) is 70.5 Å². The molecule has 4 heterocycles. The maximum absolute atomic E-state index is 11.1. The number of carbonyl (C=O) groups excluding carboxylic acids is 1. The van der Waals surface area contributed by atoms with E-state index in [-0.39, 0.29) is 0 Å². The van der Waals surface area contributed by atoms with Crippen molar-refractivity contribution in [3.05, 3.63) is 48.2 Å². The van der Waals surface area contributed by atoms with Crippen LogP contribution in [0.5, 0.6) is 5.88 Å². The highest BCUT2D eigenvalue weighted by Crippen LogP contribution is 2.26. The second kappa shape index (κ2) is 9.78. The van der Waals surface area contributed by atoms with Crippen molar-refractivity contribution in [2.75, 3.05) is 44.0 Å². The zero-order valence-corrected chi connectivity index (χ0v) is 19.2. The summed E-state index contributed by atoms with van der Waals surface area (Å²) in [5.41, 5.74) is 4.82. The normalized spacial score (nSPS) is 15.8. The molecule has 1 aliphatic rings. The van der Waals surface area contributed by atoms with Crippen LogP contribution in [0.15, 0.2) is 36.9 Å². The number of hydrogen-bond acceptors (Lipinski definition) is 9. The maximum Gasteiger partial charge on any atom is 0.260 e. The summed E-state index contributed by atoms with van der Waals surface area (Å²) in [6, 6.07) is 4.25. The number of nitrogens with one attached hydrogen (secondary N) is 2. The van der Waals surface area contributed by atoms with Gasteiger partial charge in [0.15, 0.2) is 6.29 Å². The maximum atomic E-state index is 11.1. The van der Waals surface area contributed by atoms with E-state index in [1.165, 1.54) is 0 Å². The fourth-order valence-electron chi connectivity index (χ4n) is 3.91. The molecule has 1 atom stereocenters. The van der Waals surface area contributed by atoms with E-state index < -0.39 is 0 Å². The number of aldehydes is 1. The van der Waals surface area contributed by atoms with Gasteiger partial charge >= 0.3 is 0 Å². The lowest BCUT2D eigenvalue weighted by Gasteiger charge is -2.34. The van der Waals surface area contributed by atoms with Gasteiger partial charge in [0.25, 0.3) is 5.88 Å². The summed E-state index contributed by atoms with van der Waals surface area (Å²) in [4.78, 5) is 30.6. The molecule has 10 nitrogen and oxygen atoms in total. The number of piperazine rings is 1. The third-order valence-electron chi connectivity index (χ3n) is 5.45. The summed E-state index contributed by atoms with van der Waals surface area (Å²) in [5.74, 6) is 1.29. The van der Waals surface area contributed by atoms with Crippen molar-refractivity contribution >= 4 is 34.5 Å². The number of carbonyl (C=O) groups is 1. The Morgan fingerprint density at radius 1 is 1.18 bits per heavy atom. The Labute approximate surface area is 192 Å². The minimum atomic E-state index is 0.450.